The number of carbonyl (C=O) groups excluding carboxylic acids is 1. The van der Waals surface area contributed by atoms with Gasteiger partial charge in [0.05, 0.1) is 14.2 Å². The van der Waals surface area contributed by atoms with Crippen LogP contribution in [0.15, 0.2) is 36.4 Å². The minimum atomic E-state index is -0.648. The summed E-state index contributed by atoms with van der Waals surface area (Å²) in [6.45, 7) is 0. The summed E-state index contributed by atoms with van der Waals surface area (Å²) < 4.78 is 22.9. The molecule has 104 valence electrons. The smallest absolute Gasteiger partial charge is 0.341 e. The molecule has 0 saturated heterocycles. The van der Waals surface area contributed by atoms with Crippen LogP contribution < -0.4 is 4.74 Å². The summed E-state index contributed by atoms with van der Waals surface area (Å²) in [7, 11) is 2.66. The van der Waals surface area contributed by atoms with E-state index in [2.05, 4.69) is 4.74 Å². The predicted octanol–water partition coefficient (Wildman–Crippen LogP) is 2.99. The Kier molecular flexibility index (Phi) is 3.89. The van der Waals surface area contributed by atoms with Crippen LogP contribution in [0.4, 0.5) is 4.39 Å². The second-order valence-corrected chi connectivity index (χ2v) is 4.07. The molecule has 0 amide bonds. The minimum absolute atomic E-state index is 0.0383. The molecule has 0 saturated carbocycles. The molecule has 0 atom stereocenters. The van der Waals surface area contributed by atoms with Gasteiger partial charge in [0.1, 0.15) is 22.9 Å². The molecule has 0 fully saturated rings. The number of aromatic hydroxyl groups is 1. The number of methoxy groups -OCH3 is 2. The number of carbonyl (C=O) groups is 1. The molecule has 0 unspecified atom stereocenters. The molecule has 0 aliphatic heterocycles. The normalized spacial score (nSPS) is 10.2. The van der Waals surface area contributed by atoms with Crippen molar-refractivity contribution >= 4 is 5.97 Å². The molecule has 0 bridgehead atoms. The van der Waals surface area contributed by atoms with E-state index in [1.54, 1.807) is 12.1 Å². The summed E-state index contributed by atoms with van der Waals surface area (Å²) in [4.78, 5) is 11.6. The summed E-state index contributed by atoms with van der Waals surface area (Å²) in [6, 6.07) is 8.54. The zero-order chi connectivity index (χ0) is 14.7. The van der Waals surface area contributed by atoms with Gasteiger partial charge in [-0.2, -0.15) is 0 Å². The van der Waals surface area contributed by atoms with Crippen molar-refractivity contribution in [3.63, 3.8) is 0 Å². The van der Waals surface area contributed by atoms with Crippen molar-refractivity contribution in [2.45, 2.75) is 0 Å². The van der Waals surface area contributed by atoms with Crippen LogP contribution in [0.1, 0.15) is 10.4 Å². The second kappa shape index (κ2) is 5.61. The molecule has 0 aliphatic carbocycles. The van der Waals surface area contributed by atoms with Crippen LogP contribution in [0.2, 0.25) is 0 Å². The van der Waals surface area contributed by atoms with E-state index >= 15 is 0 Å². The van der Waals surface area contributed by atoms with Crippen molar-refractivity contribution in [3.8, 4) is 22.6 Å². The van der Waals surface area contributed by atoms with E-state index in [-0.39, 0.29) is 11.3 Å². The fourth-order valence-electron chi connectivity index (χ4n) is 1.88. The quantitative estimate of drug-likeness (QED) is 0.876. The van der Waals surface area contributed by atoms with Gasteiger partial charge in [-0.3, -0.25) is 0 Å². The average molecular weight is 276 g/mol. The average Bonchev–Trinajstić information content (AvgIpc) is 2.47. The Balaban J connectivity index is 2.56. The third-order valence-electron chi connectivity index (χ3n) is 2.88. The van der Waals surface area contributed by atoms with E-state index in [1.165, 1.54) is 38.5 Å². The highest BCUT2D eigenvalue weighted by Crippen LogP contribution is 2.33. The lowest BCUT2D eigenvalue weighted by Crippen LogP contribution is -2.02. The lowest BCUT2D eigenvalue weighted by atomic mass is 10.0. The molecule has 0 spiro atoms. The first-order valence-electron chi connectivity index (χ1n) is 5.82. The van der Waals surface area contributed by atoms with Crippen LogP contribution >= 0.6 is 0 Å². The van der Waals surface area contributed by atoms with Gasteiger partial charge >= 0.3 is 5.97 Å². The first-order chi connectivity index (χ1) is 9.56. The Morgan fingerprint density at radius 3 is 2.55 bits per heavy atom. The van der Waals surface area contributed by atoms with Gasteiger partial charge < -0.3 is 14.6 Å². The highest BCUT2D eigenvalue weighted by Gasteiger charge is 2.15. The molecule has 0 aromatic heterocycles. The molecule has 5 heteroatoms. The standard InChI is InChI=1S/C15H13FO4/c1-19-14-8-10(16)4-5-11(14)9-3-6-13(17)12(7-9)15(18)20-2/h3-8,17H,1-2H3. The molecular formula is C15H13FO4. The van der Waals surface area contributed by atoms with Crippen LogP contribution in [-0.4, -0.2) is 25.3 Å². The largest absolute Gasteiger partial charge is 0.507 e. The number of esters is 1. The lowest BCUT2D eigenvalue weighted by molar-refractivity contribution is 0.0597. The Bertz CT molecular complexity index is 652. The number of hydrogen-bond donors (Lipinski definition) is 1. The van der Waals surface area contributed by atoms with Gasteiger partial charge in [0.15, 0.2) is 0 Å². The first kappa shape index (κ1) is 13.9. The van der Waals surface area contributed by atoms with Crippen LogP contribution in [0, 0.1) is 5.82 Å². The second-order valence-electron chi connectivity index (χ2n) is 4.07. The van der Waals surface area contributed by atoms with E-state index in [9.17, 15) is 14.3 Å². The molecule has 4 nitrogen and oxygen atoms in total. The van der Waals surface area contributed by atoms with Gasteiger partial charge in [-0.05, 0) is 29.8 Å². The van der Waals surface area contributed by atoms with Crippen LogP contribution in [0.25, 0.3) is 11.1 Å². The summed E-state index contributed by atoms with van der Waals surface area (Å²) in [5.41, 5.74) is 1.26. The van der Waals surface area contributed by atoms with Crippen molar-refractivity contribution < 1.29 is 23.8 Å². The van der Waals surface area contributed by atoms with Crippen LogP contribution in [0.3, 0.4) is 0 Å². The molecule has 20 heavy (non-hydrogen) atoms. The number of phenolic OH excluding ortho intramolecular Hbond substituents is 1. The van der Waals surface area contributed by atoms with Gasteiger partial charge in [0.2, 0.25) is 0 Å². The van der Waals surface area contributed by atoms with Gasteiger partial charge in [0, 0.05) is 11.6 Å². The molecule has 0 heterocycles. The number of benzene rings is 2. The topological polar surface area (TPSA) is 55.8 Å². The molecule has 0 aliphatic rings. The Morgan fingerprint density at radius 1 is 1.15 bits per heavy atom. The third-order valence-corrected chi connectivity index (χ3v) is 2.88. The number of ether oxygens (including phenoxy) is 2. The van der Waals surface area contributed by atoms with E-state index in [0.717, 1.165) is 0 Å². The molecular weight excluding hydrogens is 263 g/mol. The maximum Gasteiger partial charge on any atom is 0.341 e. The predicted molar refractivity (Wildman–Crippen MR) is 71.4 cm³/mol. The van der Waals surface area contributed by atoms with Crippen LogP contribution in [-0.2, 0) is 4.74 Å². The zero-order valence-electron chi connectivity index (χ0n) is 11.0. The number of halogens is 1. The number of phenols is 1. The summed E-state index contributed by atoms with van der Waals surface area (Å²) in [5, 5.41) is 9.66. The van der Waals surface area contributed by atoms with Crippen molar-refractivity contribution in [2.75, 3.05) is 14.2 Å². The Labute approximate surface area is 115 Å². The van der Waals surface area contributed by atoms with Crippen molar-refractivity contribution in [3.05, 3.63) is 47.8 Å². The zero-order valence-corrected chi connectivity index (χ0v) is 11.0. The maximum absolute atomic E-state index is 13.2. The summed E-state index contributed by atoms with van der Waals surface area (Å²) in [5.74, 6) is -0.906. The van der Waals surface area contributed by atoms with Gasteiger partial charge in [-0.1, -0.05) is 6.07 Å². The molecule has 1 N–H and O–H groups in total. The Hall–Kier alpha value is -2.56. The van der Waals surface area contributed by atoms with Gasteiger partial charge in [-0.25, -0.2) is 9.18 Å². The van der Waals surface area contributed by atoms with Crippen LogP contribution in [0.5, 0.6) is 11.5 Å². The van der Waals surface area contributed by atoms with E-state index in [0.29, 0.717) is 16.9 Å². The minimum Gasteiger partial charge on any atom is -0.507 e. The van der Waals surface area contributed by atoms with Gasteiger partial charge in [0.25, 0.3) is 0 Å². The maximum atomic E-state index is 13.2. The summed E-state index contributed by atoms with van der Waals surface area (Å²) >= 11 is 0. The number of hydrogen-bond acceptors (Lipinski definition) is 4. The molecule has 2 aromatic rings. The molecule has 2 aromatic carbocycles. The van der Waals surface area contributed by atoms with E-state index < -0.39 is 11.8 Å². The fraction of sp³-hybridized carbons (Fsp3) is 0.133. The number of rotatable bonds is 3. The van der Waals surface area contributed by atoms with Crippen molar-refractivity contribution in [1.29, 1.82) is 0 Å². The molecule has 0 radical (unpaired) electrons. The van der Waals surface area contributed by atoms with E-state index in [1.807, 2.05) is 0 Å². The first-order valence-corrected chi connectivity index (χ1v) is 5.82. The monoisotopic (exact) mass is 276 g/mol. The lowest BCUT2D eigenvalue weighted by Gasteiger charge is -2.10. The summed E-state index contributed by atoms with van der Waals surface area (Å²) in [6.07, 6.45) is 0. The third kappa shape index (κ3) is 2.56. The fourth-order valence-corrected chi connectivity index (χ4v) is 1.88. The highest BCUT2D eigenvalue weighted by atomic mass is 19.1. The van der Waals surface area contributed by atoms with Crippen molar-refractivity contribution in [1.82, 2.24) is 0 Å². The van der Waals surface area contributed by atoms with E-state index in [4.69, 9.17) is 4.74 Å². The SMILES string of the molecule is COC(=O)c1cc(-c2ccc(F)cc2OC)ccc1O. The molecule has 2 rings (SSSR count). The Morgan fingerprint density at radius 2 is 1.90 bits per heavy atom. The van der Waals surface area contributed by atoms with Gasteiger partial charge in [-0.15, -0.1) is 0 Å². The van der Waals surface area contributed by atoms with Crippen molar-refractivity contribution in [2.24, 2.45) is 0 Å². The highest BCUT2D eigenvalue weighted by molar-refractivity contribution is 5.94.